The average Bonchev–Trinajstić information content (AvgIpc) is 2.62. The van der Waals surface area contributed by atoms with Crippen molar-refractivity contribution in [2.75, 3.05) is 16.8 Å². The molecule has 0 unspecified atom stereocenters. The van der Waals surface area contributed by atoms with Gasteiger partial charge in [-0.2, -0.15) is 4.98 Å². The molecule has 3 rings (SSSR count). The summed E-state index contributed by atoms with van der Waals surface area (Å²) in [5.74, 6) is 1.15. The molecule has 4 nitrogen and oxygen atoms in total. The fourth-order valence-electron chi connectivity index (χ4n) is 2.64. The van der Waals surface area contributed by atoms with Gasteiger partial charge in [0.15, 0.2) is 0 Å². The van der Waals surface area contributed by atoms with Gasteiger partial charge in [-0.1, -0.05) is 24.3 Å². The lowest BCUT2D eigenvalue weighted by Gasteiger charge is -2.22. The fourth-order valence-corrected chi connectivity index (χ4v) is 2.64. The maximum absolute atomic E-state index is 13.0. The number of aromatic nitrogens is 2. The zero-order chi connectivity index (χ0) is 17.6. The molecule has 0 saturated heterocycles. The van der Waals surface area contributed by atoms with Gasteiger partial charge >= 0.3 is 0 Å². The van der Waals surface area contributed by atoms with E-state index < -0.39 is 0 Å². The van der Waals surface area contributed by atoms with Crippen LogP contribution in [0.25, 0.3) is 0 Å². The Balaban J connectivity index is 1.76. The molecule has 0 spiro atoms. The maximum Gasteiger partial charge on any atom is 0.224 e. The number of anilines is 3. The molecule has 2 aromatic carbocycles. The maximum atomic E-state index is 13.0. The number of rotatable bonds is 6. The first-order valence-electron chi connectivity index (χ1n) is 8.31. The first-order chi connectivity index (χ1) is 12.2. The summed E-state index contributed by atoms with van der Waals surface area (Å²) >= 11 is 0. The SMILES string of the molecule is CCN(c1cccc(C)c1)c1ccnc(NCc2ccc(F)cc2)n1. The molecule has 0 fully saturated rings. The molecule has 0 radical (unpaired) electrons. The highest BCUT2D eigenvalue weighted by molar-refractivity contribution is 5.61. The summed E-state index contributed by atoms with van der Waals surface area (Å²) in [4.78, 5) is 11.0. The lowest BCUT2D eigenvalue weighted by molar-refractivity contribution is 0.627. The molecule has 0 aliphatic carbocycles. The average molecular weight is 336 g/mol. The molecular weight excluding hydrogens is 315 g/mol. The molecule has 1 aromatic heterocycles. The van der Waals surface area contributed by atoms with E-state index in [1.165, 1.54) is 17.7 Å². The van der Waals surface area contributed by atoms with Crippen LogP contribution in [-0.2, 0) is 6.54 Å². The minimum atomic E-state index is -0.237. The van der Waals surface area contributed by atoms with Crippen LogP contribution < -0.4 is 10.2 Å². The number of hydrogen-bond acceptors (Lipinski definition) is 4. The van der Waals surface area contributed by atoms with Crippen molar-refractivity contribution < 1.29 is 4.39 Å². The molecule has 0 amide bonds. The Morgan fingerprint density at radius 1 is 1.08 bits per heavy atom. The van der Waals surface area contributed by atoms with Crippen molar-refractivity contribution >= 4 is 17.5 Å². The zero-order valence-corrected chi connectivity index (χ0v) is 14.4. The summed E-state index contributed by atoms with van der Waals surface area (Å²) in [5, 5.41) is 3.19. The Hall–Kier alpha value is -2.95. The lowest BCUT2D eigenvalue weighted by Crippen LogP contribution is -2.18. The van der Waals surface area contributed by atoms with Crippen LogP contribution in [0.2, 0.25) is 0 Å². The minimum Gasteiger partial charge on any atom is -0.350 e. The van der Waals surface area contributed by atoms with Gasteiger partial charge in [0.25, 0.3) is 0 Å². The second-order valence-corrected chi connectivity index (χ2v) is 5.80. The largest absolute Gasteiger partial charge is 0.350 e. The van der Waals surface area contributed by atoms with Gasteiger partial charge in [-0.15, -0.1) is 0 Å². The molecule has 0 aliphatic rings. The van der Waals surface area contributed by atoms with E-state index in [0.717, 1.165) is 23.6 Å². The Morgan fingerprint density at radius 2 is 1.88 bits per heavy atom. The summed E-state index contributed by atoms with van der Waals surface area (Å²) in [6, 6.07) is 16.6. The normalized spacial score (nSPS) is 10.5. The third-order valence-electron chi connectivity index (χ3n) is 3.91. The summed E-state index contributed by atoms with van der Waals surface area (Å²) in [6.07, 6.45) is 1.74. The summed E-state index contributed by atoms with van der Waals surface area (Å²) in [6.45, 7) is 5.52. The molecule has 128 valence electrons. The van der Waals surface area contributed by atoms with Gasteiger partial charge in [0.2, 0.25) is 5.95 Å². The van der Waals surface area contributed by atoms with Gasteiger partial charge in [0.1, 0.15) is 11.6 Å². The Kier molecular flexibility index (Phi) is 5.23. The van der Waals surface area contributed by atoms with Crippen molar-refractivity contribution in [3.63, 3.8) is 0 Å². The quantitative estimate of drug-likeness (QED) is 0.709. The third-order valence-corrected chi connectivity index (χ3v) is 3.91. The molecule has 0 bridgehead atoms. The van der Waals surface area contributed by atoms with Gasteiger partial charge in [0, 0.05) is 25.0 Å². The minimum absolute atomic E-state index is 0.237. The number of nitrogens with one attached hydrogen (secondary N) is 1. The second-order valence-electron chi connectivity index (χ2n) is 5.80. The summed E-state index contributed by atoms with van der Waals surface area (Å²) < 4.78 is 13.0. The van der Waals surface area contributed by atoms with Crippen LogP contribution in [0.5, 0.6) is 0 Å². The number of halogens is 1. The van der Waals surface area contributed by atoms with Gasteiger partial charge in [-0.25, -0.2) is 9.37 Å². The number of hydrogen-bond donors (Lipinski definition) is 1. The standard InChI is InChI=1S/C20H21FN4/c1-3-25(18-6-4-5-15(2)13-18)19-11-12-22-20(24-19)23-14-16-7-9-17(21)10-8-16/h4-13H,3,14H2,1-2H3,(H,22,23,24). The van der Waals surface area contributed by atoms with E-state index in [0.29, 0.717) is 12.5 Å². The molecule has 1 heterocycles. The highest BCUT2D eigenvalue weighted by Gasteiger charge is 2.10. The topological polar surface area (TPSA) is 41.1 Å². The molecule has 0 saturated carbocycles. The van der Waals surface area contributed by atoms with Crippen LogP contribution in [0, 0.1) is 12.7 Å². The van der Waals surface area contributed by atoms with Crippen LogP contribution in [0.15, 0.2) is 60.8 Å². The fraction of sp³-hybridized carbons (Fsp3) is 0.200. The Labute approximate surface area is 147 Å². The third kappa shape index (κ3) is 4.32. The number of aryl methyl sites for hydroxylation is 1. The van der Waals surface area contributed by atoms with E-state index in [4.69, 9.17) is 0 Å². The highest BCUT2D eigenvalue weighted by Crippen LogP contribution is 2.24. The number of nitrogens with zero attached hydrogens (tertiary/aromatic N) is 3. The zero-order valence-electron chi connectivity index (χ0n) is 14.4. The predicted molar refractivity (Wildman–Crippen MR) is 99.6 cm³/mol. The van der Waals surface area contributed by atoms with Crippen molar-refractivity contribution in [2.45, 2.75) is 20.4 Å². The van der Waals surface area contributed by atoms with Gasteiger partial charge < -0.3 is 10.2 Å². The highest BCUT2D eigenvalue weighted by atomic mass is 19.1. The first kappa shape index (κ1) is 16.9. The second kappa shape index (κ2) is 7.75. The molecule has 0 aliphatic heterocycles. The first-order valence-corrected chi connectivity index (χ1v) is 8.31. The van der Waals surface area contributed by atoms with Crippen molar-refractivity contribution in [2.24, 2.45) is 0 Å². The monoisotopic (exact) mass is 336 g/mol. The molecular formula is C20H21FN4. The summed E-state index contributed by atoms with van der Waals surface area (Å²) in [5.41, 5.74) is 3.28. The Bertz CT molecular complexity index is 833. The van der Waals surface area contributed by atoms with E-state index in [1.54, 1.807) is 18.3 Å². The van der Waals surface area contributed by atoms with E-state index in [2.05, 4.69) is 52.2 Å². The van der Waals surface area contributed by atoms with Crippen LogP contribution in [-0.4, -0.2) is 16.5 Å². The molecule has 0 atom stereocenters. The molecule has 5 heteroatoms. The molecule has 3 aromatic rings. The van der Waals surface area contributed by atoms with E-state index in [1.807, 2.05) is 12.1 Å². The van der Waals surface area contributed by atoms with Crippen LogP contribution >= 0.6 is 0 Å². The lowest BCUT2D eigenvalue weighted by atomic mass is 10.2. The van der Waals surface area contributed by atoms with Crippen molar-refractivity contribution in [1.82, 2.24) is 9.97 Å². The van der Waals surface area contributed by atoms with Gasteiger partial charge in [0.05, 0.1) is 0 Å². The van der Waals surface area contributed by atoms with E-state index in [-0.39, 0.29) is 5.82 Å². The summed E-state index contributed by atoms with van der Waals surface area (Å²) in [7, 11) is 0. The molecule has 1 N–H and O–H groups in total. The molecule has 25 heavy (non-hydrogen) atoms. The van der Waals surface area contributed by atoms with Crippen molar-refractivity contribution in [1.29, 1.82) is 0 Å². The van der Waals surface area contributed by atoms with Crippen molar-refractivity contribution in [3.8, 4) is 0 Å². The van der Waals surface area contributed by atoms with Crippen LogP contribution in [0.3, 0.4) is 0 Å². The van der Waals surface area contributed by atoms with Crippen molar-refractivity contribution in [3.05, 3.63) is 77.7 Å². The van der Waals surface area contributed by atoms with E-state index >= 15 is 0 Å². The number of benzene rings is 2. The Morgan fingerprint density at radius 3 is 2.60 bits per heavy atom. The van der Waals surface area contributed by atoms with Gasteiger partial charge in [-0.05, 0) is 55.3 Å². The predicted octanol–water partition coefficient (Wildman–Crippen LogP) is 4.69. The van der Waals surface area contributed by atoms with E-state index in [9.17, 15) is 4.39 Å². The van der Waals surface area contributed by atoms with Gasteiger partial charge in [-0.3, -0.25) is 0 Å². The smallest absolute Gasteiger partial charge is 0.224 e. The van der Waals surface area contributed by atoms with Crippen LogP contribution in [0.1, 0.15) is 18.1 Å². The van der Waals surface area contributed by atoms with Crippen LogP contribution in [0.4, 0.5) is 21.8 Å².